The van der Waals surface area contributed by atoms with Gasteiger partial charge in [0.05, 0.1) is 17.3 Å². The van der Waals surface area contributed by atoms with E-state index in [0.29, 0.717) is 23.7 Å². The van der Waals surface area contributed by atoms with Gasteiger partial charge in [-0.15, -0.1) is 0 Å². The highest BCUT2D eigenvalue weighted by molar-refractivity contribution is 6.30. The quantitative estimate of drug-likeness (QED) is 0.720. The third-order valence-corrected chi connectivity index (χ3v) is 4.75. The molecule has 0 saturated carbocycles. The third-order valence-electron chi connectivity index (χ3n) is 4.50. The Morgan fingerprint density at radius 2 is 1.88 bits per heavy atom. The molecule has 3 aromatic rings. The molecule has 1 saturated heterocycles. The molecule has 1 fully saturated rings. The van der Waals surface area contributed by atoms with Crippen LogP contribution in [-0.4, -0.2) is 39.6 Å². The minimum absolute atomic E-state index is 0.0335. The monoisotopic (exact) mass is 355 g/mol. The van der Waals surface area contributed by atoms with Crippen LogP contribution in [0.25, 0.3) is 5.52 Å². The zero-order valence-corrected chi connectivity index (χ0v) is 14.4. The molecule has 4 rings (SSSR count). The fraction of sp³-hybridized carbons (Fsp3) is 0.263. The summed E-state index contributed by atoms with van der Waals surface area (Å²) in [7, 11) is 0. The number of nitrogens with zero attached hydrogens (tertiary/aromatic N) is 3. The third kappa shape index (κ3) is 3.33. The number of likely N-dealkylation sites (tertiary alicyclic amines) is 1. The van der Waals surface area contributed by atoms with E-state index in [1.165, 1.54) is 0 Å². The average Bonchev–Trinajstić information content (AvgIpc) is 3.08. The summed E-state index contributed by atoms with van der Waals surface area (Å²) in [5.74, 6) is 0.850. The van der Waals surface area contributed by atoms with Crippen LogP contribution in [0.1, 0.15) is 23.2 Å². The highest BCUT2D eigenvalue weighted by atomic mass is 35.5. The first-order valence-electron chi connectivity index (χ1n) is 8.34. The second-order valence-corrected chi connectivity index (χ2v) is 6.59. The van der Waals surface area contributed by atoms with E-state index in [1.54, 1.807) is 10.7 Å². The number of halogens is 1. The molecule has 3 heterocycles. The summed E-state index contributed by atoms with van der Waals surface area (Å²) >= 11 is 5.89. The number of amides is 1. The van der Waals surface area contributed by atoms with Crippen molar-refractivity contribution in [3.8, 4) is 5.75 Å². The summed E-state index contributed by atoms with van der Waals surface area (Å²) in [6.07, 6.45) is 5.24. The number of fused-ring (bicyclic) bond motifs is 1. The lowest BCUT2D eigenvalue weighted by molar-refractivity contribution is 0.0597. The lowest BCUT2D eigenvalue weighted by atomic mass is 10.1. The van der Waals surface area contributed by atoms with Crippen LogP contribution in [0.15, 0.2) is 54.9 Å². The Labute approximate surface area is 150 Å². The number of carbonyl (C=O) groups is 1. The van der Waals surface area contributed by atoms with Crippen molar-refractivity contribution in [2.24, 2.45) is 0 Å². The highest BCUT2D eigenvalue weighted by Gasteiger charge is 2.26. The van der Waals surface area contributed by atoms with Crippen molar-refractivity contribution >= 4 is 23.0 Å². The maximum Gasteiger partial charge on any atom is 0.257 e. The predicted molar refractivity (Wildman–Crippen MR) is 96.2 cm³/mol. The first-order chi connectivity index (χ1) is 12.2. The molecule has 6 heteroatoms. The van der Waals surface area contributed by atoms with E-state index in [1.807, 2.05) is 53.6 Å². The van der Waals surface area contributed by atoms with Crippen LogP contribution in [0.4, 0.5) is 0 Å². The fourth-order valence-corrected chi connectivity index (χ4v) is 3.28. The Balaban J connectivity index is 1.39. The molecule has 5 nitrogen and oxygen atoms in total. The van der Waals surface area contributed by atoms with Crippen LogP contribution in [0.2, 0.25) is 5.02 Å². The number of aromatic nitrogens is 2. The molecule has 1 aromatic carbocycles. The minimum Gasteiger partial charge on any atom is -0.490 e. The molecule has 0 aliphatic carbocycles. The molecule has 0 N–H and O–H groups in total. The summed E-state index contributed by atoms with van der Waals surface area (Å²) in [6, 6.07) is 13.1. The largest absolute Gasteiger partial charge is 0.490 e. The van der Waals surface area contributed by atoms with Crippen molar-refractivity contribution < 1.29 is 9.53 Å². The Morgan fingerprint density at radius 3 is 2.64 bits per heavy atom. The number of piperidine rings is 1. The Kier molecular flexibility index (Phi) is 4.32. The van der Waals surface area contributed by atoms with Gasteiger partial charge < -0.3 is 9.64 Å². The average molecular weight is 356 g/mol. The number of hydrogen-bond acceptors (Lipinski definition) is 3. The van der Waals surface area contributed by atoms with Gasteiger partial charge in [-0.1, -0.05) is 17.7 Å². The lowest BCUT2D eigenvalue weighted by Gasteiger charge is -2.32. The van der Waals surface area contributed by atoms with Gasteiger partial charge in [-0.05, 0) is 36.4 Å². The van der Waals surface area contributed by atoms with Gasteiger partial charge in [0.2, 0.25) is 0 Å². The van der Waals surface area contributed by atoms with Crippen LogP contribution >= 0.6 is 11.6 Å². The maximum atomic E-state index is 12.8. The zero-order valence-electron chi connectivity index (χ0n) is 13.6. The number of pyridine rings is 1. The summed E-state index contributed by atoms with van der Waals surface area (Å²) in [5, 5.41) is 4.94. The van der Waals surface area contributed by atoms with Crippen molar-refractivity contribution in [1.82, 2.24) is 14.5 Å². The van der Waals surface area contributed by atoms with Gasteiger partial charge in [0, 0.05) is 37.2 Å². The number of benzene rings is 1. The van der Waals surface area contributed by atoms with Gasteiger partial charge in [0.25, 0.3) is 5.91 Å². The molecule has 0 bridgehead atoms. The van der Waals surface area contributed by atoms with Crippen molar-refractivity contribution in [3.63, 3.8) is 0 Å². The topological polar surface area (TPSA) is 46.8 Å². The first kappa shape index (κ1) is 16.0. The second kappa shape index (κ2) is 6.76. The van der Waals surface area contributed by atoms with Crippen molar-refractivity contribution in [2.75, 3.05) is 13.1 Å². The van der Waals surface area contributed by atoms with Crippen molar-refractivity contribution in [3.05, 3.63) is 65.4 Å². The molecule has 128 valence electrons. The standard InChI is InChI=1S/C19H18ClN3O2/c20-14-4-6-15(7-5-14)25-16-8-11-22(12-9-16)19(24)17-13-21-23-10-2-1-3-18(17)23/h1-7,10,13,16H,8-9,11-12H2. The molecule has 1 aliphatic heterocycles. The maximum absolute atomic E-state index is 12.8. The number of carbonyl (C=O) groups excluding carboxylic acids is 1. The van der Waals surface area contributed by atoms with Crippen molar-refractivity contribution in [2.45, 2.75) is 18.9 Å². The Hall–Kier alpha value is -2.53. The van der Waals surface area contributed by atoms with Crippen LogP contribution in [0.5, 0.6) is 5.75 Å². The normalized spacial score (nSPS) is 15.5. The van der Waals surface area contributed by atoms with Gasteiger partial charge in [0.1, 0.15) is 11.9 Å². The van der Waals surface area contributed by atoms with Gasteiger partial charge in [-0.25, -0.2) is 4.52 Å². The smallest absolute Gasteiger partial charge is 0.257 e. The molecular formula is C19H18ClN3O2. The molecular weight excluding hydrogens is 338 g/mol. The van der Waals surface area contributed by atoms with E-state index >= 15 is 0 Å². The van der Waals surface area contributed by atoms with E-state index in [9.17, 15) is 4.79 Å². The lowest BCUT2D eigenvalue weighted by Crippen LogP contribution is -2.41. The fourth-order valence-electron chi connectivity index (χ4n) is 3.15. The Bertz CT molecular complexity index is 883. The number of ether oxygens (including phenoxy) is 1. The van der Waals surface area contributed by atoms with E-state index in [2.05, 4.69) is 5.10 Å². The van der Waals surface area contributed by atoms with Crippen molar-refractivity contribution in [1.29, 1.82) is 0 Å². The van der Waals surface area contributed by atoms with Gasteiger partial charge in [-0.2, -0.15) is 5.10 Å². The predicted octanol–water partition coefficient (Wildman–Crippen LogP) is 3.67. The zero-order chi connectivity index (χ0) is 17.2. The van der Waals surface area contributed by atoms with E-state index in [-0.39, 0.29) is 12.0 Å². The molecule has 0 atom stereocenters. The molecule has 2 aromatic heterocycles. The molecule has 0 radical (unpaired) electrons. The molecule has 1 amide bonds. The first-order valence-corrected chi connectivity index (χ1v) is 8.72. The minimum atomic E-state index is 0.0335. The summed E-state index contributed by atoms with van der Waals surface area (Å²) < 4.78 is 7.71. The highest BCUT2D eigenvalue weighted by Crippen LogP contribution is 2.22. The Morgan fingerprint density at radius 1 is 1.12 bits per heavy atom. The second-order valence-electron chi connectivity index (χ2n) is 6.15. The van der Waals surface area contributed by atoms with Gasteiger partial charge in [-0.3, -0.25) is 4.79 Å². The SMILES string of the molecule is O=C(c1cnn2ccccc12)N1CCC(Oc2ccc(Cl)cc2)CC1. The number of hydrogen-bond donors (Lipinski definition) is 0. The van der Waals surface area contributed by atoms with Gasteiger partial charge >= 0.3 is 0 Å². The summed E-state index contributed by atoms with van der Waals surface area (Å²) in [5.41, 5.74) is 1.49. The van der Waals surface area contributed by atoms with E-state index < -0.39 is 0 Å². The molecule has 25 heavy (non-hydrogen) atoms. The molecule has 0 unspecified atom stereocenters. The van der Waals surface area contributed by atoms with Crippen LogP contribution in [0, 0.1) is 0 Å². The van der Waals surface area contributed by atoms with Gasteiger partial charge in [0.15, 0.2) is 0 Å². The van der Waals surface area contributed by atoms with E-state index in [4.69, 9.17) is 16.3 Å². The van der Waals surface area contributed by atoms with E-state index in [0.717, 1.165) is 24.1 Å². The molecule has 0 spiro atoms. The number of rotatable bonds is 3. The van der Waals surface area contributed by atoms with Crippen LogP contribution < -0.4 is 4.74 Å². The van der Waals surface area contributed by atoms with Crippen LogP contribution in [0.3, 0.4) is 0 Å². The summed E-state index contributed by atoms with van der Waals surface area (Å²) in [4.78, 5) is 14.7. The molecule has 1 aliphatic rings. The van der Waals surface area contributed by atoms with Crippen LogP contribution in [-0.2, 0) is 0 Å². The summed E-state index contributed by atoms with van der Waals surface area (Å²) in [6.45, 7) is 1.36.